The van der Waals surface area contributed by atoms with Crippen molar-refractivity contribution in [2.75, 3.05) is 23.6 Å². The van der Waals surface area contributed by atoms with Gasteiger partial charge in [0.2, 0.25) is 0 Å². The molecular formula is C25H26N5O7P. The van der Waals surface area contributed by atoms with E-state index >= 15 is 0 Å². The lowest BCUT2D eigenvalue weighted by Gasteiger charge is -2.29. The summed E-state index contributed by atoms with van der Waals surface area (Å²) >= 11 is 0. The highest BCUT2D eigenvalue weighted by Gasteiger charge is 2.44. The number of rotatable bonds is 9. The number of nitrogens with one attached hydrogen (secondary N) is 1. The number of benzene rings is 1. The maximum absolute atomic E-state index is 13.0. The predicted octanol–water partition coefficient (Wildman–Crippen LogP) is 3.65. The van der Waals surface area contributed by atoms with E-state index in [1.807, 2.05) is 0 Å². The van der Waals surface area contributed by atoms with Crippen molar-refractivity contribution in [3.05, 3.63) is 76.6 Å². The second-order valence-corrected chi connectivity index (χ2v) is 10.3. The first-order valence-corrected chi connectivity index (χ1v) is 13.7. The van der Waals surface area contributed by atoms with Crippen molar-refractivity contribution in [2.45, 2.75) is 38.7 Å². The fourth-order valence-electron chi connectivity index (χ4n) is 4.30. The Morgan fingerprint density at radius 3 is 2.66 bits per heavy atom. The molecule has 13 heteroatoms. The Labute approximate surface area is 218 Å². The highest BCUT2D eigenvalue weighted by molar-refractivity contribution is 7.57. The number of nitrogens with zero attached hydrogens (tertiary/aromatic N) is 4. The van der Waals surface area contributed by atoms with Gasteiger partial charge < -0.3 is 18.5 Å². The van der Waals surface area contributed by atoms with Crippen molar-refractivity contribution in [3.8, 4) is 0 Å². The smallest absolute Gasteiger partial charge is 0.353 e. The molecular weight excluding hydrogens is 513 g/mol. The molecule has 198 valence electrons. The van der Waals surface area contributed by atoms with Crippen LogP contribution in [0.15, 0.2) is 65.5 Å². The Hall–Kier alpha value is -3.70. The van der Waals surface area contributed by atoms with Crippen molar-refractivity contribution >= 4 is 36.1 Å². The lowest BCUT2D eigenvalue weighted by Crippen LogP contribution is -2.45. The van der Waals surface area contributed by atoms with E-state index in [9.17, 15) is 14.2 Å². The van der Waals surface area contributed by atoms with E-state index in [2.05, 4.69) is 20.4 Å². The summed E-state index contributed by atoms with van der Waals surface area (Å²) in [6.07, 6.45) is 0.980. The lowest BCUT2D eigenvalue weighted by atomic mass is 10.1. The average molecular weight is 539 g/mol. The third-order valence-electron chi connectivity index (χ3n) is 5.87. The molecule has 2 aliphatic heterocycles. The molecule has 3 atom stereocenters. The van der Waals surface area contributed by atoms with E-state index in [0.717, 1.165) is 0 Å². The van der Waals surface area contributed by atoms with Gasteiger partial charge in [-0.15, -0.1) is 0 Å². The quantitative estimate of drug-likeness (QED) is 0.313. The van der Waals surface area contributed by atoms with Crippen LogP contribution in [-0.2, 0) is 23.1 Å². The molecule has 4 heterocycles. The van der Waals surface area contributed by atoms with Crippen molar-refractivity contribution in [2.24, 2.45) is 0 Å². The number of aromatic nitrogens is 3. The highest BCUT2D eigenvalue weighted by Crippen LogP contribution is 2.50. The molecule has 1 saturated heterocycles. The third kappa shape index (κ3) is 5.30. The summed E-state index contributed by atoms with van der Waals surface area (Å²) in [4.78, 5) is 37.4. The summed E-state index contributed by atoms with van der Waals surface area (Å²) in [5, 5.41) is 2.15. The molecule has 1 aromatic carbocycles. The van der Waals surface area contributed by atoms with Crippen LogP contribution in [0.1, 0.15) is 30.6 Å². The van der Waals surface area contributed by atoms with E-state index in [1.165, 1.54) is 18.2 Å². The van der Waals surface area contributed by atoms with Crippen molar-refractivity contribution in [1.82, 2.24) is 15.0 Å². The molecule has 0 spiro atoms. The number of carbonyl (C=O) groups excluding carboxylic acids is 1. The van der Waals surface area contributed by atoms with Crippen LogP contribution < -0.4 is 16.0 Å². The van der Waals surface area contributed by atoms with E-state index in [1.54, 1.807) is 61.3 Å². The number of hydrogen-bond acceptors (Lipinski definition) is 12. The van der Waals surface area contributed by atoms with E-state index in [0.29, 0.717) is 22.5 Å². The zero-order valence-corrected chi connectivity index (χ0v) is 21.6. The van der Waals surface area contributed by atoms with Gasteiger partial charge in [0.1, 0.15) is 6.33 Å². The molecule has 3 aromatic rings. The fraction of sp³-hybridized carbons (Fsp3) is 0.320. The molecule has 0 bridgehead atoms. The zero-order chi connectivity index (χ0) is 26.7. The average Bonchev–Trinajstić information content (AvgIpc) is 3.43. The van der Waals surface area contributed by atoms with Gasteiger partial charge in [0.05, 0.1) is 36.0 Å². The maximum Gasteiger partial charge on any atom is 0.353 e. The van der Waals surface area contributed by atoms with Crippen LogP contribution in [0.3, 0.4) is 0 Å². The van der Waals surface area contributed by atoms with Crippen LogP contribution in [0.5, 0.6) is 0 Å². The Balaban J connectivity index is 1.46. The molecule has 12 nitrogen and oxygen atoms in total. The van der Waals surface area contributed by atoms with Crippen LogP contribution in [0.2, 0.25) is 0 Å². The second kappa shape index (κ2) is 11.0. The van der Waals surface area contributed by atoms with Crippen LogP contribution >= 0.6 is 7.60 Å². The van der Waals surface area contributed by atoms with Crippen LogP contribution in [0.4, 0.5) is 11.5 Å². The van der Waals surface area contributed by atoms with Gasteiger partial charge in [-0.2, -0.15) is 4.98 Å². The summed E-state index contributed by atoms with van der Waals surface area (Å²) in [6, 6.07) is 11.5. The van der Waals surface area contributed by atoms with Crippen molar-refractivity contribution in [3.63, 3.8) is 0 Å². The molecule has 1 unspecified atom stereocenters. The normalized spacial score (nSPS) is 20.7. The molecule has 2 aliphatic rings. The second-order valence-electron chi connectivity index (χ2n) is 8.40. The number of hydrazine groups is 1. The van der Waals surface area contributed by atoms with Crippen LogP contribution in [-0.4, -0.2) is 52.6 Å². The Bertz CT molecular complexity index is 1460. The topological polar surface area (TPSA) is 142 Å². The van der Waals surface area contributed by atoms with Gasteiger partial charge in [-0.05, 0) is 38.1 Å². The number of esters is 1. The molecule has 1 fully saturated rings. The number of anilines is 2. The Kier molecular flexibility index (Phi) is 7.48. The molecule has 38 heavy (non-hydrogen) atoms. The van der Waals surface area contributed by atoms with Crippen LogP contribution in [0, 0.1) is 0 Å². The van der Waals surface area contributed by atoms with E-state index < -0.39 is 37.6 Å². The fourth-order valence-corrected chi connectivity index (χ4v) is 5.67. The van der Waals surface area contributed by atoms with E-state index in [4.69, 9.17) is 18.5 Å². The number of hydrogen-bond donors (Lipinski definition) is 1. The van der Waals surface area contributed by atoms with Gasteiger partial charge in [0.15, 0.2) is 23.8 Å². The minimum atomic E-state index is -3.46. The first kappa shape index (κ1) is 25.9. The molecule has 0 saturated carbocycles. The summed E-state index contributed by atoms with van der Waals surface area (Å²) < 4.78 is 35.8. The minimum absolute atomic E-state index is 0.212. The number of carbonyl (C=O) groups is 1. The Morgan fingerprint density at radius 1 is 1.16 bits per heavy atom. The van der Waals surface area contributed by atoms with Gasteiger partial charge in [-0.1, -0.05) is 18.2 Å². The zero-order valence-electron chi connectivity index (χ0n) is 20.7. The molecule has 0 radical (unpaired) electrons. The molecule has 5 rings (SSSR count). The van der Waals surface area contributed by atoms with Crippen molar-refractivity contribution < 1.29 is 27.9 Å². The molecule has 0 aliphatic carbocycles. The Morgan fingerprint density at radius 2 is 1.92 bits per heavy atom. The lowest BCUT2D eigenvalue weighted by molar-refractivity contribution is -0.00459. The summed E-state index contributed by atoms with van der Waals surface area (Å²) in [5.41, 5.74) is 3.91. The molecule has 0 amide bonds. The van der Waals surface area contributed by atoms with E-state index in [-0.39, 0.29) is 25.3 Å². The summed E-state index contributed by atoms with van der Waals surface area (Å²) in [7, 11) is -3.46. The maximum atomic E-state index is 13.0. The van der Waals surface area contributed by atoms with Gasteiger partial charge in [-0.3, -0.25) is 14.8 Å². The minimum Gasteiger partial charge on any atom is -0.454 e. The van der Waals surface area contributed by atoms with Gasteiger partial charge in [0, 0.05) is 18.3 Å². The summed E-state index contributed by atoms with van der Waals surface area (Å²) in [6.45, 7) is 3.88. The predicted molar refractivity (Wildman–Crippen MR) is 139 cm³/mol. The molecule has 2 aromatic heterocycles. The monoisotopic (exact) mass is 539 g/mol. The van der Waals surface area contributed by atoms with Gasteiger partial charge in [-0.25, -0.2) is 19.8 Å². The highest BCUT2D eigenvalue weighted by atomic mass is 31.2. The third-order valence-corrected chi connectivity index (χ3v) is 7.65. The SMILES string of the molecule is CCOP(=O)(C=C[C@@H]1CC(OC(=O)c2ccccc2)[C@H](N2Nc3ccc(=O)nc4ncnc2c34)O1)OCC. The van der Waals surface area contributed by atoms with Gasteiger partial charge in [0.25, 0.3) is 5.56 Å². The van der Waals surface area contributed by atoms with Gasteiger partial charge >= 0.3 is 13.6 Å². The van der Waals surface area contributed by atoms with Crippen LogP contribution in [0.25, 0.3) is 11.0 Å². The summed E-state index contributed by atoms with van der Waals surface area (Å²) in [5.74, 6) is 1.27. The standard InChI is InChI=1S/C25H26N5O7P/c1-3-34-38(33,35-4-2)13-12-17-14-19(37-25(32)16-8-6-5-7-9-16)24(36-17)30-23-21-18(29-30)10-11-20(31)28-22(21)26-15-27-23/h5-13,15,17,19,24,29H,3-4,14H2,1-2H3/t17-,19?,24-/m1/s1. The largest absolute Gasteiger partial charge is 0.454 e. The van der Waals surface area contributed by atoms with Crippen molar-refractivity contribution in [1.29, 1.82) is 0 Å². The number of ether oxygens (including phenoxy) is 2. The first-order valence-electron chi connectivity index (χ1n) is 12.1. The molecule has 1 N–H and O–H groups in total. The first-order chi connectivity index (χ1) is 18.4.